The lowest BCUT2D eigenvalue weighted by Gasteiger charge is -2.02. The van der Waals surface area contributed by atoms with E-state index in [0.717, 1.165) is 16.5 Å². The molecule has 0 bridgehead atoms. The van der Waals surface area contributed by atoms with Crippen LogP contribution in [0.3, 0.4) is 0 Å². The first-order valence-corrected chi connectivity index (χ1v) is 6.24. The predicted molar refractivity (Wildman–Crippen MR) is 67.7 cm³/mol. The lowest BCUT2D eigenvalue weighted by atomic mass is 10.2. The fraction of sp³-hybridized carbons (Fsp3) is 0.333. The monoisotopic (exact) mass is 251 g/mol. The van der Waals surface area contributed by atoms with Gasteiger partial charge in [0, 0.05) is 24.0 Å². The highest BCUT2D eigenvalue weighted by Gasteiger charge is 2.07. The normalized spacial score (nSPS) is 10.8. The van der Waals surface area contributed by atoms with Crippen molar-refractivity contribution in [3.63, 3.8) is 0 Å². The minimum absolute atomic E-state index is 0.218. The first-order valence-electron chi connectivity index (χ1n) is 5.47. The van der Waals surface area contributed by atoms with Crippen molar-refractivity contribution in [2.45, 2.75) is 26.3 Å². The number of rotatable bonds is 4. The zero-order valence-corrected chi connectivity index (χ0v) is 10.6. The molecule has 1 aromatic heterocycles. The molecule has 90 valence electrons. The summed E-state index contributed by atoms with van der Waals surface area (Å²) in [5, 5.41) is 3.92. The molecule has 0 saturated heterocycles. The first kappa shape index (κ1) is 12.0. The molecule has 2 aromatic rings. The maximum atomic E-state index is 12.9. The molecular weight excluding hydrogens is 237 g/mol. The topological polar surface area (TPSA) is 37.8 Å². The van der Waals surface area contributed by atoms with Crippen molar-refractivity contribution in [3.8, 4) is 0 Å². The average molecular weight is 251 g/mol. The number of nitrogens with zero attached hydrogens (tertiary/aromatic N) is 2. The van der Waals surface area contributed by atoms with E-state index in [9.17, 15) is 4.39 Å². The minimum Gasteiger partial charge on any atom is -0.356 e. The molecule has 0 unspecified atom stereocenters. The second-order valence-electron chi connectivity index (χ2n) is 4.10. The van der Waals surface area contributed by atoms with Gasteiger partial charge in [0.25, 0.3) is 0 Å². The van der Waals surface area contributed by atoms with Gasteiger partial charge in [-0.2, -0.15) is 4.37 Å². The Morgan fingerprint density at radius 3 is 2.88 bits per heavy atom. The number of benzene rings is 1. The van der Waals surface area contributed by atoms with Crippen molar-refractivity contribution in [1.82, 2.24) is 9.36 Å². The van der Waals surface area contributed by atoms with Crippen molar-refractivity contribution in [2.75, 3.05) is 5.32 Å². The summed E-state index contributed by atoms with van der Waals surface area (Å²) in [5.74, 6) is 0.956. The Morgan fingerprint density at radius 1 is 1.41 bits per heavy atom. The smallest absolute Gasteiger partial charge is 0.202 e. The summed E-state index contributed by atoms with van der Waals surface area (Å²) in [5.41, 5.74) is 0.895. The largest absolute Gasteiger partial charge is 0.356 e. The second-order valence-corrected chi connectivity index (χ2v) is 4.85. The van der Waals surface area contributed by atoms with Crippen LogP contribution in [0.4, 0.5) is 9.52 Å². The number of halogens is 1. The summed E-state index contributed by atoms with van der Waals surface area (Å²) >= 11 is 1.34. The fourth-order valence-electron chi connectivity index (χ4n) is 1.37. The molecule has 0 aliphatic heterocycles. The maximum Gasteiger partial charge on any atom is 0.202 e. The highest BCUT2D eigenvalue weighted by molar-refractivity contribution is 7.09. The minimum atomic E-state index is -0.218. The van der Waals surface area contributed by atoms with Crippen LogP contribution in [0.15, 0.2) is 24.3 Å². The highest BCUT2D eigenvalue weighted by Crippen LogP contribution is 2.18. The average Bonchev–Trinajstić information content (AvgIpc) is 2.75. The number of aromatic nitrogens is 2. The Kier molecular flexibility index (Phi) is 3.68. The van der Waals surface area contributed by atoms with Gasteiger partial charge in [-0.05, 0) is 17.7 Å². The summed E-state index contributed by atoms with van der Waals surface area (Å²) in [6.45, 7) is 4.67. The number of anilines is 1. The van der Waals surface area contributed by atoms with Crippen LogP contribution >= 0.6 is 11.5 Å². The van der Waals surface area contributed by atoms with E-state index in [-0.39, 0.29) is 5.82 Å². The lowest BCUT2D eigenvalue weighted by Crippen LogP contribution is -1.99. The second kappa shape index (κ2) is 5.23. The van der Waals surface area contributed by atoms with Gasteiger partial charge in [-0.1, -0.05) is 26.0 Å². The molecule has 0 fully saturated rings. The zero-order chi connectivity index (χ0) is 12.3. The van der Waals surface area contributed by atoms with Gasteiger partial charge in [0.05, 0.1) is 0 Å². The molecule has 0 radical (unpaired) electrons. The molecule has 1 heterocycles. The van der Waals surface area contributed by atoms with Gasteiger partial charge < -0.3 is 5.32 Å². The van der Waals surface area contributed by atoms with Gasteiger partial charge in [-0.15, -0.1) is 0 Å². The number of hydrogen-bond acceptors (Lipinski definition) is 4. The van der Waals surface area contributed by atoms with E-state index in [4.69, 9.17) is 0 Å². The van der Waals surface area contributed by atoms with Crippen LogP contribution in [0, 0.1) is 5.82 Å². The van der Waals surface area contributed by atoms with Crippen molar-refractivity contribution >= 4 is 16.7 Å². The molecule has 1 aromatic carbocycles. The maximum absolute atomic E-state index is 12.9. The summed E-state index contributed by atoms with van der Waals surface area (Å²) in [6.07, 6.45) is 0. The number of nitrogens with one attached hydrogen (secondary N) is 1. The van der Waals surface area contributed by atoms with Crippen molar-refractivity contribution in [2.24, 2.45) is 0 Å². The molecule has 17 heavy (non-hydrogen) atoms. The molecule has 0 saturated carbocycles. The SMILES string of the molecule is CC(C)c1nsc(NCc2cccc(F)c2)n1. The van der Waals surface area contributed by atoms with Crippen LogP contribution in [-0.4, -0.2) is 9.36 Å². The van der Waals surface area contributed by atoms with Gasteiger partial charge in [-0.3, -0.25) is 0 Å². The molecular formula is C12H14FN3S. The van der Waals surface area contributed by atoms with E-state index in [2.05, 4.69) is 28.5 Å². The van der Waals surface area contributed by atoms with Crippen LogP contribution in [0.5, 0.6) is 0 Å². The van der Waals surface area contributed by atoms with E-state index < -0.39 is 0 Å². The molecule has 0 aliphatic carbocycles. The van der Waals surface area contributed by atoms with E-state index in [1.807, 2.05) is 6.07 Å². The van der Waals surface area contributed by atoms with E-state index in [0.29, 0.717) is 12.5 Å². The van der Waals surface area contributed by atoms with Gasteiger partial charge >= 0.3 is 0 Å². The number of hydrogen-bond donors (Lipinski definition) is 1. The van der Waals surface area contributed by atoms with Gasteiger partial charge in [0.1, 0.15) is 11.6 Å². The van der Waals surface area contributed by atoms with Crippen molar-refractivity contribution < 1.29 is 4.39 Å². The van der Waals surface area contributed by atoms with Crippen LogP contribution in [-0.2, 0) is 6.54 Å². The Balaban J connectivity index is 1.97. The highest BCUT2D eigenvalue weighted by atomic mass is 32.1. The Hall–Kier alpha value is -1.49. The Labute approximate surface area is 104 Å². The zero-order valence-electron chi connectivity index (χ0n) is 9.77. The van der Waals surface area contributed by atoms with E-state index in [1.165, 1.54) is 23.7 Å². The third-order valence-corrected chi connectivity index (χ3v) is 2.98. The van der Waals surface area contributed by atoms with Gasteiger partial charge in [0.15, 0.2) is 0 Å². The summed E-state index contributed by atoms with van der Waals surface area (Å²) < 4.78 is 17.2. The summed E-state index contributed by atoms with van der Waals surface area (Å²) in [4.78, 5) is 4.35. The van der Waals surface area contributed by atoms with Gasteiger partial charge in [0.2, 0.25) is 5.13 Å². The molecule has 3 nitrogen and oxygen atoms in total. The molecule has 2 rings (SSSR count). The fourth-order valence-corrected chi connectivity index (χ4v) is 2.07. The molecule has 0 atom stereocenters. The van der Waals surface area contributed by atoms with Crippen LogP contribution in [0.2, 0.25) is 0 Å². The van der Waals surface area contributed by atoms with Crippen LogP contribution in [0.1, 0.15) is 31.2 Å². The van der Waals surface area contributed by atoms with Crippen LogP contribution in [0.25, 0.3) is 0 Å². The third kappa shape index (κ3) is 3.23. The van der Waals surface area contributed by atoms with E-state index in [1.54, 1.807) is 6.07 Å². The Morgan fingerprint density at radius 2 is 2.24 bits per heavy atom. The van der Waals surface area contributed by atoms with E-state index >= 15 is 0 Å². The summed E-state index contributed by atoms with van der Waals surface area (Å²) in [6, 6.07) is 6.52. The van der Waals surface area contributed by atoms with Crippen molar-refractivity contribution in [1.29, 1.82) is 0 Å². The third-order valence-electron chi connectivity index (χ3n) is 2.29. The van der Waals surface area contributed by atoms with Crippen molar-refractivity contribution in [3.05, 3.63) is 41.5 Å². The molecule has 1 N–H and O–H groups in total. The molecule has 5 heteroatoms. The quantitative estimate of drug-likeness (QED) is 0.904. The molecule has 0 aliphatic rings. The predicted octanol–water partition coefficient (Wildman–Crippen LogP) is 3.41. The summed E-state index contributed by atoms with van der Waals surface area (Å²) in [7, 11) is 0. The van der Waals surface area contributed by atoms with Crippen LogP contribution < -0.4 is 5.32 Å². The lowest BCUT2D eigenvalue weighted by molar-refractivity contribution is 0.626. The molecule has 0 spiro atoms. The Bertz CT molecular complexity index is 496. The van der Waals surface area contributed by atoms with Gasteiger partial charge in [-0.25, -0.2) is 9.37 Å². The molecule has 0 amide bonds. The first-order chi connectivity index (χ1) is 8.15. The standard InChI is InChI=1S/C12H14FN3S/c1-8(2)11-15-12(17-16-11)14-7-9-4-3-5-10(13)6-9/h3-6,8H,7H2,1-2H3,(H,14,15,16).